The highest BCUT2D eigenvalue weighted by molar-refractivity contribution is 5.85. The van der Waals surface area contributed by atoms with Crippen LogP contribution in [0.5, 0.6) is 0 Å². The fraction of sp³-hybridized carbons (Fsp3) is 1.00. The highest BCUT2D eigenvalue weighted by atomic mass is 35.5. The van der Waals surface area contributed by atoms with E-state index in [1.165, 1.54) is 51.9 Å². The first-order chi connectivity index (χ1) is 6.36. The summed E-state index contributed by atoms with van der Waals surface area (Å²) < 4.78 is 0. The Morgan fingerprint density at radius 3 is 2.00 bits per heavy atom. The lowest BCUT2D eigenvalue weighted by molar-refractivity contribution is 0.149. The third-order valence-electron chi connectivity index (χ3n) is 3.81. The second-order valence-electron chi connectivity index (χ2n) is 4.73. The molecule has 0 radical (unpaired) electrons. The van der Waals surface area contributed by atoms with Crippen LogP contribution in [0.25, 0.3) is 0 Å². The summed E-state index contributed by atoms with van der Waals surface area (Å²) in [6.07, 6.45) is 5.74. The second-order valence-corrected chi connectivity index (χ2v) is 4.73. The first-order valence-corrected chi connectivity index (χ1v) is 5.75. The average molecular weight is 219 g/mol. The fourth-order valence-corrected chi connectivity index (χ4v) is 2.82. The maximum absolute atomic E-state index is 3.45. The number of hydrogen-bond acceptors (Lipinski definition) is 2. The Morgan fingerprint density at radius 1 is 0.929 bits per heavy atom. The Hall–Kier alpha value is 0.210. The van der Waals surface area contributed by atoms with Crippen LogP contribution >= 0.6 is 12.4 Å². The van der Waals surface area contributed by atoms with Gasteiger partial charge in [-0.2, -0.15) is 0 Å². The monoisotopic (exact) mass is 218 g/mol. The molecular weight excluding hydrogens is 196 g/mol. The molecule has 2 nitrogen and oxygen atoms in total. The van der Waals surface area contributed by atoms with Crippen molar-refractivity contribution in [2.45, 2.75) is 25.7 Å². The molecule has 0 spiro atoms. The van der Waals surface area contributed by atoms with Gasteiger partial charge >= 0.3 is 0 Å². The summed E-state index contributed by atoms with van der Waals surface area (Å²) in [5, 5.41) is 3.45. The van der Waals surface area contributed by atoms with E-state index in [0.29, 0.717) is 0 Å². The van der Waals surface area contributed by atoms with Crippen molar-refractivity contribution in [1.82, 2.24) is 10.2 Å². The predicted octanol–water partition coefficient (Wildman–Crippen LogP) is 1.75. The molecule has 2 rings (SSSR count). The number of piperidine rings is 2. The van der Waals surface area contributed by atoms with Crippen molar-refractivity contribution in [2.24, 2.45) is 11.8 Å². The Bertz CT molecular complexity index is 149. The van der Waals surface area contributed by atoms with Crippen LogP contribution in [-0.4, -0.2) is 38.1 Å². The number of halogens is 1. The van der Waals surface area contributed by atoms with Gasteiger partial charge < -0.3 is 10.2 Å². The molecule has 0 unspecified atom stereocenters. The van der Waals surface area contributed by atoms with E-state index in [1.54, 1.807) is 0 Å². The van der Waals surface area contributed by atoms with Crippen LogP contribution < -0.4 is 5.32 Å². The van der Waals surface area contributed by atoms with E-state index in [0.717, 1.165) is 11.8 Å². The zero-order valence-corrected chi connectivity index (χ0v) is 9.98. The van der Waals surface area contributed by atoms with Gasteiger partial charge in [0.2, 0.25) is 0 Å². The molecule has 2 aliphatic rings. The lowest BCUT2D eigenvalue weighted by Gasteiger charge is -2.36. The van der Waals surface area contributed by atoms with Gasteiger partial charge in [0.25, 0.3) is 0 Å². The number of rotatable bonds is 1. The lowest BCUT2D eigenvalue weighted by Crippen LogP contribution is -2.37. The lowest BCUT2D eigenvalue weighted by atomic mass is 9.79. The second kappa shape index (κ2) is 5.94. The molecule has 2 saturated heterocycles. The summed E-state index contributed by atoms with van der Waals surface area (Å²) in [6, 6.07) is 0. The summed E-state index contributed by atoms with van der Waals surface area (Å²) in [7, 11) is 2.25. The molecule has 1 N–H and O–H groups in total. The molecule has 0 aromatic carbocycles. The van der Waals surface area contributed by atoms with Gasteiger partial charge in [0.15, 0.2) is 0 Å². The molecule has 3 heteroatoms. The minimum absolute atomic E-state index is 0. The van der Waals surface area contributed by atoms with Crippen molar-refractivity contribution in [3.63, 3.8) is 0 Å². The van der Waals surface area contributed by atoms with E-state index in [9.17, 15) is 0 Å². The Labute approximate surface area is 93.8 Å². The van der Waals surface area contributed by atoms with Crippen molar-refractivity contribution >= 4 is 12.4 Å². The smallest absolute Gasteiger partial charge is 0.00190 e. The highest BCUT2D eigenvalue weighted by Gasteiger charge is 2.26. The number of hydrogen-bond donors (Lipinski definition) is 1. The summed E-state index contributed by atoms with van der Waals surface area (Å²) >= 11 is 0. The average Bonchev–Trinajstić information content (AvgIpc) is 2.20. The van der Waals surface area contributed by atoms with E-state index < -0.39 is 0 Å². The van der Waals surface area contributed by atoms with Crippen molar-refractivity contribution in [3.8, 4) is 0 Å². The summed E-state index contributed by atoms with van der Waals surface area (Å²) in [4.78, 5) is 2.47. The van der Waals surface area contributed by atoms with Crippen LogP contribution in [0.15, 0.2) is 0 Å². The van der Waals surface area contributed by atoms with Crippen LogP contribution in [-0.2, 0) is 0 Å². The zero-order chi connectivity index (χ0) is 9.10. The minimum Gasteiger partial charge on any atom is -0.317 e. The molecule has 0 amide bonds. The van der Waals surface area contributed by atoms with Gasteiger partial charge in [0.05, 0.1) is 0 Å². The number of likely N-dealkylation sites (tertiary alicyclic amines) is 1. The third-order valence-corrected chi connectivity index (χ3v) is 3.81. The molecule has 0 bridgehead atoms. The summed E-state index contributed by atoms with van der Waals surface area (Å²) in [5.41, 5.74) is 0. The van der Waals surface area contributed by atoms with Gasteiger partial charge in [-0.1, -0.05) is 0 Å². The van der Waals surface area contributed by atoms with Gasteiger partial charge in [-0.05, 0) is 70.7 Å². The van der Waals surface area contributed by atoms with E-state index in [4.69, 9.17) is 0 Å². The van der Waals surface area contributed by atoms with Crippen molar-refractivity contribution in [3.05, 3.63) is 0 Å². The SMILES string of the molecule is CN1CCC(C2CCNCC2)CC1.Cl. The van der Waals surface area contributed by atoms with Crippen LogP contribution in [0.3, 0.4) is 0 Å². The zero-order valence-electron chi connectivity index (χ0n) is 9.17. The van der Waals surface area contributed by atoms with Crippen LogP contribution in [0.4, 0.5) is 0 Å². The highest BCUT2D eigenvalue weighted by Crippen LogP contribution is 2.30. The van der Waals surface area contributed by atoms with Gasteiger partial charge in [0, 0.05) is 0 Å². The molecule has 2 heterocycles. The van der Waals surface area contributed by atoms with Crippen LogP contribution in [0, 0.1) is 11.8 Å². The normalized spacial score (nSPS) is 27.2. The van der Waals surface area contributed by atoms with E-state index >= 15 is 0 Å². The van der Waals surface area contributed by atoms with E-state index in [2.05, 4.69) is 17.3 Å². The topological polar surface area (TPSA) is 15.3 Å². The van der Waals surface area contributed by atoms with Crippen LogP contribution in [0.2, 0.25) is 0 Å². The maximum Gasteiger partial charge on any atom is -0.00190 e. The molecule has 0 aromatic rings. The molecule has 0 atom stereocenters. The van der Waals surface area contributed by atoms with Gasteiger partial charge in [0.1, 0.15) is 0 Å². The standard InChI is InChI=1S/C11H22N2.ClH/c1-13-8-4-11(5-9-13)10-2-6-12-7-3-10;/h10-12H,2-9H2,1H3;1H. The molecule has 84 valence electrons. The molecule has 0 aliphatic carbocycles. The fourth-order valence-electron chi connectivity index (χ4n) is 2.82. The quantitative estimate of drug-likeness (QED) is 0.722. The first-order valence-electron chi connectivity index (χ1n) is 5.75. The van der Waals surface area contributed by atoms with Gasteiger partial charge in [-0.15, -0.1) is 12.4 Å². The molecule has 14 heavy (non-hydrogen) atoms. The van der Waals surface area contributed by atoms with Crippen LogP contribution in [0.1, 0.15) is 25.7 Å². The first kappa shape index (κ1) is 12.3. The third kappa shape index (κ3) is 3.11. The predicted molar refractivity (Wildman–Crippen MR) is 63.1 cm³/mol. The molecule has 2 fully saturated rings. The van der Waals surface area contributed by atoms with Crippen molar-refractivity contribution < 1.29 is 0 Å². The number of nitrogens with one attached hydrogen (secondary N) is 1. The molecule has 2 aliphatic heterocycles. The number of nitrogens with zero attached hydrogens (tertiary/aromatic N) is 1. The van der Waals surface area contributed by atoms with E-state index in [-0.39, 0.29) is 12.4 Å². The van der Waals surface area contributed by atoms with Gasteiger partial charge in [-0.25, -0.2) is 0 Å². The minimum atomic E-state index is 0. The van der Waals surface area contributed by atoms with Crippen molar-refractivity contribution in [2.75, 3.05) is 33.2 Å². The summed E-state index contributed by atoms with van der Waals surface area (Å²) in [5.74, 6) is 2.08. The largest absolute Gasteiger partial charge is 0.317 e. The van der Waals surface area contributed by atoms with Gasteiger partial charge in [-0.3, -0.25) is 0 Å². The van der Waals surface area contributed by atoms with E-state index in [1.807, 2.05) is 0 Å². The molecule has 0 aromatic heterocycles. The Morgan fingerprint density at radius 2 is 1.43 bits per heavy atom. The Balaban J connectivity index is 0.000000980. The molecular formula is C11H23ClN2. The maximum atomic E-state index is 3.45. The molecule has 0 saturated carbocycles. The Kier molecular flexibility index (Phi) is 5.21. The van der Waals surface area contributed by atoms with Crippen molar-refractivity contribution in [1.29, 1.82) is 0 Å². The summed E-state index contributed by atoms with van der Waals surface area (Å²) in [6.45, 7) is 5.18.